The van der Waals surface area contributed by atoms with E-state index in [1.807, 2.05) is 11.0 Å². The van der Waals surface area contributed by atoms with Crippen LogP contribution in [0.15, 0.2) is 18.2 Å². The van der Waals surface area contributed by atoms with Crippen LogP contribution >= 0.6 is 23.2 Å². The van der Waals surface area contributed by atoms with Crippen molar-refractivity contribution >= 4 is 34.8 Å². The zero-order valence-electron chi connectivity index (χ0n) is 10.8. The lowest BCUT2D eigenvalue weighted by atomic mass is 10.1. The van der Waals surface area contributed by atoms with Gasteiger partial charge in [-0.2, -0.15) is 0 Å². The predicted octanol–water partition coefficient (Wildman–Crippen LogP) is 3.81. The molecule has 1 aliphatic heterocycles. The summed E-state index contributed by atoms with van der Waals surface area (Å²) in [5, 5.41) is 4.36. The molecule has 0 radical (unpaired) electrons. The summed E-state index contributed by atoms with van der Waals surface area (Å²) in [6.45, 7) is 2.40. The van der Waals surface area contributed by atoms with E-state index < -0.39 is 0 Å². The molecule has 104 valence electrons. The minimum Gasteiger partial charge on any atom is -0.383 e. The van der Waals surface area contributed by atoms with Gasteiger partial charge in [0.1, 0.15) is 0 Å². The number of amides is 1. The Morgan fingerprint density at radius 3 is 2.63 bits per heavy atom. The maximum atomic E-state index is 12.0. The third-order valence-electron chi connectivity index (χ3n) is 3.29. The monoisotopic (exact) mass is 300 g/mol. The molecule has 2 rings (SSSR count). The van der Waals surface area contributed by atoms with Crippen molar-refractivity contribution in [3.05, 3.63) is 28.2 Å². The van der Waals surface area contributed by atoms with Gasteiger partial charge in [-0.15, -0.1) is 0 Å². The van der Waals surface area contributed by atoms with Crippen molar-refractivity contribution in [2.24, 2.45) is 0 Å². The standard InChI is InChI=1S/C14H18Cl2N2O/c15-11-4-5-13(12(16)10-11)17-7-6-14(19)18-8-2-1-3-9-18/h4-5,10,17H,1-3,6-9H2. The summed E-state index contributed by atoms with van der Waals surface area (Å²) in [5.41, 5.74) is 0.817. The number of piperidine rings is 1. The molecule has 1 amide bonds. The van der Waals surface area contributed by atoms with Gasteiger partial charge in [0.15, 0.2) is 0 Å². The highest BCUT2D eigenvalue weighted by Gasteiger charge is 2.15. The second-order valence-electron chi connectivity index (χ2n) is 4.74. The number of benzene rings is 1. The number of anilines is 1. The van der Waals surface area contributed by atoms with Crippen molar-refractivity contribution < 1.29 is 4.79 Å². The first-order valence-corrected chi connectivity index (χ1v) is 7.39. The molecule has 0 aliphatic carbocycles. The molecule has 1 aromatic carbocycles. The average Bonchev–Trinajstić information content (AvgIpc) is 2.42. The van der Waals surface area contributed by atoms with Crippen LogP contribution < -0.4 is 5.32 Å². The quantitative estimate of drug-likeness (QED) is 0.917. The first-order valence-electron chi connectivity index (χ1n) is 6.63. The highest BCUT2D eigenvalue weighted by Crippen LogP contribution is 2.25. The van der Waals surface area contributed by atoms with Gasteiger partial charge in [-0.25, -0.2) is 0 Å². The molecule has 1 N–H and O–H groups in total. The van der Waals surface area contributed by atoms with E-state index in [1.165, 1.54) is 6.42 Å². The molecule has 3 nitrogen and oxygen atoms in total. The summed E-state index contributed by atoms with van der Waals surface area (Å²) >= 11 is 11.9. The first kappa shape index (κ1) is 14.5. The van der Waals surface area contributed by atoms with E-state index in [0.717, 1.165) is 31.6 Å². The summed E-state index contributed by atoms with van der Waals surface area (Å²) in [6.07, 6.45) is 3.99. The Morgan fingerprint density at radius 2 is 1.95 bits per heavy atom. The number of nitrogens with zero attached hydrogens (tertiary/aromatic N) is 1. The number of rotatable bonds is 4. The number of halogens is 2. The topological polar surface area (TPSA) is 32.3 Å². The third-order valence-corrected chi connectivity index (χ3v) is 3.84. The summed E-state index contributed by atoms with van der Waals surface area (Å²) < 4.78 is 0. The smallest absolute Gasteiger partial charge is 0.224 e. The normalized spacial score (nSPS) is 15.4. The van der Waals surface area contributed by atoms with E-state index in [2.05, 4.69) is 5.32 Å². The predicted molar refractivity (Wildman–Crippen MR) is 80.0 cm³/mol. The van der Waals surface area contributed by atoms with Gasteiger partial charge < -0.3 is 10.2 Å². The van der Waals surface area contributed by atoms with E-state index >= 15 is 0 Å². The zero-order chi connectivity index (χ0) is 13.7. The van der Waals surface area contributed by atoms with Crippen LogP contribution in [-0.4, -0.2) is 30.4 Å². The third kappa shape index (κ3) is 4.29. The van der Waals surface area contributed by atoms with E-state index in [9.17, 15) is 4.79 Å². The summed E-state index contributed by atoms with van der Waals surface area (Å²) in [7, 11) is 0. The molecule has 0 saturated carbocycles. The molecule has 1 saturated heterocycles. The van der Waals surface area contributed by atoms with E-state index in [-0.39, 0.29) is 5.91 Å². The molecular weight excluding hydrogens is 283 g/mol. The number of hydrogen-bond donors (Lipinski definition) is 1. The van der Waals surface area contributed by atoms with Gasteiger partial charge in [0.2, 0.25) is 5.91 Å². The van der Waals surface area contributed by atoms with E-state index in [4.69, 9.17) is 23.2 Å². The van der Waals surface area contributed by atoms with Crippen LogP contribution in [0.3, 0.4) is 0 Å². The van der Waals surface area contributed by atoms with Crippen LogP contribution in [0.2, 0.25) is 10.0 Å². The van der Waals surface area contributed by atoms with E-state index in [1.54, 1.807) is 12.1 Å². The first-order chi connectivity index (χ1) is 9.16. The molecule has 5 heteroatoms. The molecule has 0 aromatic heterocycles. The molecule has 0 bridgehead atoms. The Kier molecular flexibility index (Phi) is 5.34. The fourth-order valence-corrected chi connectivity index (χ4v) is 2.71. The molecule has 1 aliphatic rings. The minimum atomic E-state index is 0.220. The molecule has 0 spiro atoms. The molecule has 1 aromatic rings. The van der Waals surface area contributed by atoms with Gasteiger partial charge in [-0.1, -0.05) is 23.2 Å². The lowest BCUT2D eigenvalue weighted by Crippen LogP contribution is -2.36. The Morgan fingerprint density at radius 1 is 1.21 bits per heavy atom. The highest BCUT2D eigenvalue weighted by molar-refractivity contribution is 6.36. The SMILES string of the molecule is O=C(CCNc1ccc(Cl)cc1Cl)N1CCCCC1. The lowest BCUT2D eigenvalue weighted by Gasteiger charge is -2.26. The average molecular weight is 301 g/mol. The second kappa shape index (κ2) is 7.01. The van der Waals surface area contributed by atoms with Gasteiger partial charge in [-0.05, 0) is 37.5 Å². The van der Waals surface area contributed by atoms with Crippen LogP contribution in [0.25, 0.3) is 0 Å². The number of carbonyl (C=O) groups excluding carboxylic acids is 1. The zero-order valence-corrected chi connectivity index (χ0v) is 12.3. The molecule has 1 heterocycles. The summed E-state index contributed by atoms with van der Waals surface area (Å²) in [4.78, 5) is 13.9. The van der Waals surface area contributed by atoms with Gasteiger partial charge in [0, 0.05) is 31.1 Å². The molecule has 19 heavy (non-hydrogen) atoms. The fraction of sp³-hybridized carbons (Fsp3) is 0.500. The molecule has 0 atom stereocenters. The summed E-state index contributed by atoms with van der Waals surface area (Å²) in [6, 6.07) is 5.30. The number of hydrogen-bond acceptors (Lipinski definition) is 2. The maximum absolute atomic E-state index is 12.0. The fourth-order valence-electron chi connectivity index (χ4n) is 2.24. The van der Waals surface area contributed by atoms with Crippen LogP contribution in [0.4, 0.5) is 5.69 Å². The van der Waals surface area contributed by atoms with Crippen molar-refractivity contribution in [2.75, 3.05) is 25.0 Å². The number of carbonyl (C=O) groups is 1. The highest BCUT2D eigenvalue weighted by atomic mass is 35.5. The molecule has 0 unspecified atom stereocenters. The minimum absolute atomic E-state index is 0.220. The van der Waals surface area contributed by atoms with Gasteiger partial charge in [0.25, 0.3) is 0 Å². The maximum Gasteiger partial charge on any atom is 0.224 e. The second-order valence-corrected chi connectivity index (χ2v) is 5.59. The van der Waals surface area contributed by atoms with Crippen LogP contribution in [-0.2, 0) is 4.79 Å². The van der Waals surface area contributed by atoms with Crippen molar-refractivity contribution in [2.45, 2.75) is 25.7 Å². The van der Waals surface area contributed by atoms with Gasteiger partial charge in [-0.3, -0.25) is 4.79 Å². The Hall–Kier alpha value is -0.930. The molecular formula is C14H18Cl2N2O. The van der Waals surface area contributed by atoms with Crippen LogP contribution in [0, 0.1) is 0 Å². The van der Waals surface area contributed by atoms with Gasteiger partial charge >= 0.3 is 0 Å². The Labute approximate surface area is 123 Å². The largest absolute Gasteiger partial charge is 0.383 e. The van der Waals surface area contributed by atoms with Crippen molar-refractivity contribution in [1.29, 1.82) is 0 Å². The van der Waals surface area contributed by atoms with Crippen LogP contribution in [0.5, 0.6) is 0 Å². The summed E-state index contributed by atoms with van der Waals surface area (Å²) in [5.74, 6) is 0.220. The van der Waals surface area contributed by atoms with E-state index in [0.29, 0.717) is 23.0 Å². The Balaban J connectivity index is 1.78. The van der Waals surface area contributed by atoms with Crippen molar-refractivity contribution in [3.63, 3.8) is 0 Å². The van der Waals surface area contributed by atoms with Gasteiger partial charge in [0.05, 0.1) is 10.7 Å². The lowest BCUT2D eigenvalue weighted by molar-refractivity contribution is -0.131. The number of likely N-dealkylation sites (tertiary alicyclic amines) is 1. The van der Waals surface area contributed by atoms with Crippen LogP contribution in [0.1, 0.15) is 25.7 Å². The number of nitrogens with one attached hydrogen (secondary N) is 1. The van der Waals surface area contributed by atoms with Crippen molar-refractivity contribution in [1.82, 2.24) is 4.90 Å². The van der Waals surface area contributed by atoms with Crippen molar-refractivity contribution in [3.8, 4) is 0 Å². The molecule has 1 fully saturated rings. The Bertz CT molecular complexity index is 445.